The summed E-state index contributed by atoms with van der Waals surface area (Å²) in [6.45, 7) is 6.92. The number of rotatable bonds is 6. The highest BCUT2D eigenvalue weighted by molar-refractivity contribution is 5.77. The average Bonchev–Trinajstić information content (AvgIpc) is 2.47. The van der Waals surface area contributed by atoms with Crippen LogP contribution in [0.4, 0.5) is 11.6 Å². The van der Waals surface area contributed by atoms with Gasteiger partial charge >= 0.3 is 5.97 Å². The number of anilines is 2. The monoisotopic (exact) mass is 294 g/mol. The molecule has 1 aliphatic heterocycles. The Morgan fingerprint density at radius 3 is 2.76 bits per heavy atom. The van der Waals surface area contributed by atoms with E-state index in [1.165, 1.54) is 6.33 Å². The third-order valence-electron chi connectivity index (χ3n) is 3.32. The highest BCUT2D eigenvalue weighted by atomic mass is 16.5. The van der Waals surface area contributed by atoms with Gasteiger partial charge in [0.2, 0.25) is 0 Å². The molecule has 21 heavy (non-hydrogen) atoms. The third kappa shape index (κ3) is 4.56. The summed E-state index contributed by atoms with van der Waals surface area (Å²) >= 11 is 0. The second kappa shape index (κ2) is 7.21. The SMILES string of the molecule is CC(C)C[C@H](Nc1cc(N2CCOCC2)ncn1)C(=O)O. The van der Waals surface area contributed by atoms with Crippen LogP contribution in [-0.4, -0.2) is 53.4 Å². The molecule has 0 radical (unpaired) electrons. The maximum absolute atomic E-state index is 11.3. The van der Waals surface area contributed by atoms with Crippen molar-refractivity contribution >= 4 is 17.6 Å². The summed E-state index contributed by atoms with van der Waals surface area (Å²) in [6.07, 6.45) is 2.01. The molecule has 0 spiro atoms. The molecule has 2 heterocycles. The number of aromatic nitrogens is 2. The van der Waals surface area contributed by atoms with Gasteiger partial charge < -0.3 is 20.1 Å². The van der Waals surface area contributed by atoms with Crippen molar-refractivity contribution in [2.45, 2.75) is 26.3 Å². The number of aliphatic carboxylic acids is 1. The molecule has 2 N–H and O–H groups in total. The van der Waals surface area contributed by atoms with Gasteiger partial charge in [0.1, 0.15) is 24.0 Å². The van der Waals surface area contributed by atoms with E-state index in [4.69, 9.17) is 4.74 Å². The minimum absolute atomic E-state index is 0.291. The van der Waals surface area contributed by atoms with Crippen molar-refractivity contribution in [3.05, 3.63) is 12.4 Å². The Bertz CT molecular complexity index is 475. The lowest BCUT2D eigenvalue weighted by Gasteiger charge is -2.28. The molecular formula is C14H22N4O3. The van der Waals surface area contributed by atoms with Gasteiger partial charge in [-0.2, -0.15) is 0 Å². The van der Waals surface area contributed by atoms with Crippen LogP contribution in [0.25, 0.3) is 0 Å². The lowest BCUT2D eigenvalue weighted by atomic mass is 10.0. The summed E-state index contributed by atoms with van der Waals surface area (Å²) in [5, 5.41) is 12.2. The van der Waals surface area contributed by atoms with E-state index in [9.17, 15) is 9.90 Å². The molecule has 0 amide bonds. The Morgan fingerprint density at radius 1 is 1.43 bits per heavy atom. The van der Waals surface area contributed by atoms with Gasteiger partial charge in [-0.25, -0.2) is 14.8 Å². The normalized spacial score (nSPS) is 16.8. The van der Waals surface area contributed by atoms with Gasteiger partial charge in [-0.05, 0) is 12.3 Å². The Balaban J connectivity index is 2.07. The molecule has 7 heteroatoms. The number of hydrogen-bond donors (Lipinski definition) is 2. The zero-order chi connectivity index (χ0) is 15.2. The van der Waals surface area contributed by atoms with Crippen LogP contribution < -0.4 is 10.2 Å². The van der Waals surface area contributed by atoms with E-state index in [1.807, 2.05) is 13.8 Å². The number of carboxylic acid groups (broad SMARTS) is 1. The van der Waals surface area contributed by atoms with Crippen LogP contribution in [0.15, 0.2) is 12.4 Å². The largest absolute Gasteiger partial charge is 0.480 e. The summed E-state index contributed by atoms with van der Waals surface area (Å²) in [4.78, 5) is 21.8. The van der Waals surface area contributed by atoms with Crippen LogP contribution in [0.2, 0.25) is 0 Å². The van der Waals surface area contributed by atoms with Crippen molar-refractivity contribution in [3.8, 4) is 0 Å². The minimum atomic E-state index is -0.866. The van der Waals surface area contributed by atoms with Crippen molar-refractivity contribution in [3.63, 3.8) is 0 Å². The smallest absolute Gasteiger partial charge is 0.326 e. The standard InChI is InChI=1S/C14H22N4O3/c1-10(2)7-11(14(19)20)17-12-8-13(16-9-15-12)18-3-5-21-6-4-18/h8-11H,3-7H2,1-2H3,(H,19,20)(H,15,16,17)/t11-/m0/s1. The number of nitrogens with one attached hydrogen (secondary N) is 1. The van der Waals surface area contributed by atoms with Gasteiger partial charge in [-0.1, -0.05) is 13.8 Å². The van der Waals surface area contributed by atoms with Gasteiger partial charge in [0.15, 0.2) is 0 Å². The summed E-state index contributed by atoms with van der Waals surface area (Å²) in [5.41, 5.74) is 0. The topological polar surface area (TPSA) is 87.6 Å². The van der Waals surface area contributed by atoms with E-state index in [0.717, 1.165) is 18.9 Å². The van der Waals surface area contributed by atoms with Crippen molar-refractivity contribution in [1.82, 2.24) is 9.97 Å². The van der Waals surface area contributed by atoms with Crippen LogP contribution in [0, 0.1) is 5.92 Å². The van der Waals surface area contributed by atoms with Crippen LogP contribution in [-0.2, 0) is 9.53 Å². The molecule has 1 aromatic heterocycles. The third-order valence-corrected chi connectivity index (χ3v) is 3.32. The van der Waals surface area contributed by atoms with E-state index in [-0.39, 0.29) is 0 Å². The van der Waals surface area contributed by atoms with Gasteiger partial charge in [0.25, 0.3) is 0 Å². The van der Waals surface area contributed by atoms with Gasteiger partial charge in [-0.15, -0.1) is 0 Å². The number of carboxylic acids is 1. The fraction of sp³-hybridized carbons (Fsp3) is 0.643. The molecule has 0 aliphatic carbocycles. The first kappa shape index (κ1) is 15.5. The first-order valence-corrected chi connectivity index (χ1v) is 7.20. The van der Waals surface area contributed by atoms with Gasteiger partial charge in [0.05, 0.1) is 13.2 Å². The molecule has 0 saturated carbocycles. The molecule has 1 fully saturated rings. The number of morpholine rings is 1. The van der Waals surface area contributed by atoms with Crippen LogP contribution >= 0.6 is 0 Å². The Kier molecular flexibility index (Phi) is 5.32. The van der Waals surface area contributed by atoms with Crippen LogP contribution in [0.3, 0.4) is 0 Å². The zero-order valence-electron chi connectivity index (χ0n) is 12.5. The van der Waals surface area contributed by atoms with E-state index < -0.39 is 12.0 Å². The first-order valence-electron chi connectivity index (χ1n) is 7.20. The first-order chi connectivity index (χ1) is 10.1. The molecule has 1 aromatic rings. The fourth-order valence-corrected chi connectivity index (χ4v) is 2.26. The molecule has 1 aliphatic rings. The van der Waals surface area contributed by atoms with Crippen LogP contribution in [0.5, 0.6) is 0 Å². The number of ether oxygens (including phenoxy) is 1. The van der Waals surface area contributed by atoms with Crippen molar-refractivity contribution < 1.29 is 14.6 Å². The summed E-state index contributed by atoms with van der Waals surface area (Å²) in [5.74, 6) is 0.762. The predicted octanol–water partition coefficient (Wildman–Crippen LogP) is 1.22. The number of carbonyl (C=O) groups is 1. The molecular weight excluding hydrogens is 272 g/mol. The Morgan fingerprint density at radius 2 is 2.14 bits per heavy atom. The molecule has 0 unspecified atom stereocenters. The summed E-state index contributed by atoms with van der Waals surface area (Å²) in [6, 6.07) is 1.15. The maximum atomic E-state index is 11.3. The molecule has 1 atom stereocenters. The maximum Gasteiger partial charge on any atom is 0.326 e. The Labute approximate surface area is 124 Å². The van der Waals surface area contributed by atoms with Crippen LogP contribution in [0.1, 0.15) is 20.3 Å². The lowest BCUT2D eigenvalue weighted by Crippen LogP contribution is -2.37. The molecule has 2 rings (SSSR count). The lowest BCUT2D eigenvalue weighted by molar-refractivity contribution is -0.138. The van der Waals surface area contributed by atoms with E-state index in [1.54, 1.807) is 6.07 Å². The van der Waals surface area contributed by atoms with Crippen molar-refractivity contribution in [2.24, 2.45) is 5.92 Å². The highest BCUT2D eigenvalue weighted by Crippen LogP contribution is 2.17. The zero-order valence-corrected chi connectivity index (χ0v) is 12.5. The minimum Gasteiger partial charge on any atom is -0.480 e. The number of nitrogens with zero attached hydrogens (tertiary/aromatic N) is 3. The predicted molar refractivity (Wildman–Crippen MR) is 79.6 cm³/mol. The van der Waals surface area contributed by atoms with Gasteiger partial charge in [-0.3, -0.25) is 0 Å². The highest BCUT2D eigenvalue weighted by Gasteiger charge is 2.20. The van der Waals surface area contributed by atoms with E-state index in [2.05, 4.69) is 20.2 Å². The van der Waals surface area contributed by atoms with E-state index >= 15 is 0 Å². The molecule has 116 valence electrons. The average molecular weight is 294 g/mol. The van der Waals surface area contributed by atoms with Crippen molar-refractivity contribution in [2.75, 3.05) is 36.5 Å². The Hall–Kier alpha value is -1.89. The second-order valence-electron chi connectivity index (χ2n) is 5.53. The molecule has 7 nitrogen and oxygen atoms in total. The quantitative estimate of drug-likeness (QED) is 0.815. The second-order valence-corrected chi connectivity index (χ2v) is 5.53. The van der Waals surface area contributed by atoms with E-state index in [0.29, 0.717) is 31.4 Å². The van der Waals surface area contributed by atoms with Crippen molar-refractivity contribution in [1.29, 1.82) is 0 Å². The fourth-order valence-electron chi connectivity index (χ4n) is 2.26. The molecule has 0 aromatic carbocycles. The summed E-state index contributed by atoms with van der Waals surface area (Å²) < 4.78 is 5.31. The molecule has 0 bridgehead atoms. The van der Waals surface area contributed by atoms with Gasteiger partial charge in [0, 0.05) is 19.2 Å². The number of hydrogen-bond acceptors (Lipinski definition) is 6. The summed E-state index contributed by atoms with van der Waals surface area (Å²) in [7, 11) is 0. The molecule has 1 saturated heterocycles.